The maximum Gasteiger partial charge on any atom is 0.255 e. The normalized spacial score (nSPS) is 13.0. The molecule has 0 aromatic heterocycles. The van der Waals surface area contributed by atoms with Gasteiger partial charge in [-0.15, -0.1) is 0 Å². The van der Waals surface area contributed by atoms with Crippen molar-refractivity contribution in [2.24, 2.45) is 5.92 Å². The highest BCUT2D eigenvalue weighted by Crippen LogP contribution is 2.30. The van der Waals surface area contributed by atoms with E-state index in [9.17, 15) is 9.59 Å². The predicted octanol–water partition coefficient (Wildman–Crippen LogP) is 3.47. The Balaban J connectivity index is 1.76. The lowest BCUT2D eigenvalue weighted by molar-refractivity contribution is -0.117. The molecular formula is C19H17N3O2. The SMILES string of the molecule is Cc1ccc(NC(=O)C2CC2)cc1NC(=O)c1cccc(C#N)c1. The fraction of sp³-hybridized carbons (Fsp3) is 0.211. The van der Waals surface area contributed by atoms with Crippen LogP contribution in [-0.4, -0.2) is 11.8 Å². The first kappa shape index (κ1) is 15.8. The number of hydrogen-bond donors (Lipinski definition) is 2. The van der Waals surface area contributed by atoms with E-state index in [1.165, 1.54) is 0 Å². The minimum Gasteiger partial charge on any atom is -0.326 e. The van der Waals surface area contributed by atoms with Gasteiger partial charge in [0.25, 0.3) is 5.91 Å². The average molecular weight is 319 g/mol. The summed E-state index contributed by atoms with van der Waals surface area (Å²) in [6.07, 6.45) is 1.88. The standard InChI is InChI=1S/C19H17N3O2/c1-12-5-8-16(21-18(23)14-6-7-14)10-17(12)22-19(24)15-4-2-3-13(9-15)11-20/h2-5,8-10,14H,6-7H2,1H3,(H,21,23)(H,22,24). The van der Waals surface area contributed by atoms with Gasteiger partial charge < -0.3 is 10.6 Å². The molecule has 5 nitrogen and oxygen atoms in total. The molecule has 24 heavy (non-hydrogen) atoms. The number of amides is 2. The molecule has 0 heterocycles. The summed E-state index contributed by atoms with van der Waals surface area (Å²) >= 11 is 0. The molecule has 2 amide bonds. The molecule has 0 unspecified atom stereocenters. The summed E-state index contributed by atoms with van der Waals surface area (Å²) < 4.78 is 0. The number of aryl methyl sites for hydroxylation is 1. The van der Waals surface area contributed by atoms with Crippen LogP contribution < -0.4 is 10.6 Å². The molecule has 2 N–H and O–H groups in total. The molecule has 0 aliphatic heterocycles. The Labute approximate surface area is 140 Å². The predicted molar refractivity (Wildman–Crippen MR) is 91.6 cm³/mol. The highest BCUT2D eigenvalue weighted by molar-refractivity contribution is 6.05. The van der Waals surface area contributed by atoms with Crippen LogP contribution in [0.2, 0.25) is 0 Å². The number of carbonyl (C=O) groups excluding carboxylic acids is 2. The fourth-order valence-corrected chi connectivity index (χ4v) is 2.35. The van der Waals surface area contributed by atoms with E-state index in [1.807, 2.05) is 25.1 Å². The van der Waals surface area contributed by atoms with Gasteiger partial charge in [-0.3, -0.25) is 9.59 Å². The van der Waals surface area contributed by atoms with Crippen LogP contribution in [0, 0.1) is 24.2 Å². The van der Waals surface area contributed by atoms with Gasteiger partial charge in [-0.1, -0.05) is 12.1 Å². The zero-order valence-corrected chi connectivity index (χ0v) is 13.3. The van der Waals surface area contributed by atoms with Gasteiger partial charge in [-0.25, -0.2) is 0 Å². The molecule has 0 spiro atoms. The molecule has 1 aliphatic carbocycles. The van der Waals surface area contributed by atoms with Crippen LogP contribution in [0.15, 0.2) is 42.5 Å². The first-order valence-corrected chi connectivity index (χ1v) is 7.80. The van der Waals surface area contributed by atoms with Gasteiger partial charge in [-0.05, 0) is 55.7 Å². The second-order valence-electron chi connectivity index (χ2n) is 5.94. The molecule has 1 aliphatic rings. The molecule has 2 aromatic carbocycles. The Morgan fingerprint density at radius 3 is 2.62 bits per heavy atom. The third-order valence-electron chi connectivity index (χ3n) is 3.96. The first-order valence-electron chi connectivity index (χ1n) is 7.80. The molecule has 3 rings (SSSR count). The molecule has 1 saturated carbocycles. The first-order chi connectivity index (χ1) is 11.6. The number of nitriles is 1. The van der Waals surface area contributed by atoms with Crippen molar-refractivity contribution < 1.29 is 9.59 Å². The highest BCUT2D eigenvalue weighted by Gasteiger charge is 2.29. The summed E-state index contributed by atoms with van der Waals surface area (Å²) in [6.45, 7) is 1.88. The van der Waals surface area contributed by atoms with Crippen molar-refractivity contribution in [2.45, 2.75) is 19.8 Å². The van der Waals surface area contributed by atoms with E-state index >= 15 is 0 Å². The molecular weight excluding hydrogens is 302 g/mol. The van der Waals surface area contributed by atoms with E-state index in [-0.39, 0.29) is 17.7 Å². The van der Waals surface area contributed by atoms with Gasteiger partial charge in [0.1, 0.15) is 0 Å². The van der Waals surface area contributed by atoms with Crippen molar-refractivity contribution in [2.75, 3.05) is 10.6 Å². The van der Waals surface area contributed by atoms with Gasteiger partial charge in [0, 0.05) is 22.9 Å². The third kappa shape index (κ3) is 3.61. The molecule has 5 heteroatoms. The number of carbonyl (C=O) groups is 2. The van der Waals surface area contributed by atoms with Crippen LogP contribution >= 0.6 is 0 Å². The largest absolute Gasteiger partial charge is 0.326 e. The Bertz CT molecular complexity index is 848. The minimum absolute atomic E-state index is 0.0258. The number of benzene rings is 2. The number of rotatable bonds is 4. The van der Waals surface area contributed by atoms with Gasteiger partial charge in [-0.2, -0.15) is 5.26 Å². The van der Waals surface area contributed by atoms with Gasteiger partial charge in [0.15, 0.2) is 0 Å². The Kier molecular flexibility index (Phi) is 4.30. The zero-order valence-electron chi connectivity index (χ0n) is 13.3. The molecule has 0 radical (unpaired) electrons. The minimum atomic E-state index is -0.291. The fourth-order valence-electron chi connectivity index (χ4n) is 2.35. The summed E-state index contributed by atoms with van der Waals surface area (Å²) in [5, 5.41) is 14.6. The number of anilines is 2. The van der Waals surface area contributed by atoms with E-state index < -0.39 is 0 Å². The third-order valence-corrected chi connectivity index (χ3v) is 3.96. The topological polar surface area (TPSA) is 82.0 Å². The Hall–Kier alpha value is -3.13. The summed E-state index contributed by atoms with van der Waals surface area (Å²) in [5.41, 5.74) is 3.05. The van der Waals surface area contributed by atoms with Crippen molar-refractivity contribution in [3.05, 3.63) is 59.2 Å². The van der Waals surface area contributed by atoms with Gasteiger partial charge >= 0.3 is 0 Å². The summed E-state index contributed by atoms with van der Waals surface area (Å²) in [6, 6.07) is 14.0. The zero-order chi connectivity index (χ0) is 17.1. The second-order valence-corrected chi connectivity index (χ2v) is 5.94. The van der Waals surface area contributed by atoms with Crippen molar-refractivity contribution in [1.29, 1.82) is 5.26 Å². The summed E-state index contributed by atoms with van der Waals surface area (Å²) in [5.74, 6) is -0.142. The number of nitrogens with zero attached hydrogens (tertiary/aromatic N) is 1. The van der Waals surface area contributed by atoms with Crippen LogP contribution in [0.5, 0.6) is 0 Å². The number of nitrogens with one attached hydrogen (secondary N) is 2. The van der Waals surface area contributed by atoms with E-state index in [0.29, 0.717) is 22.5 Å². The Morgan fingerprint density at radius 1 is 1.12 bits per heavy atom. The smallest absolute Gasteiger partial charge is 0.255 e. The van der Waals surface area contributed by atoms with E-state index in [2.05, 4.69) is 10.6 Å². The molecule has 0 saturated heterocycles. The van der Waals surface area contributed by atoms with Crippen LogP contribution in [-0.2, 0) is 4.79 Å². The molecule has 0 bridgehead atoms. The van der Waals surface area contributed by atoms with Crippen LogP contribution in [0.3, 0.4) is 0 Å². The van der Waals surface area contributed by atoms with Crippen LogP contribution in [0.1, 0.15) is 34.3 Å². The lowest BCUT2D eigenvalue weighted by Gasteiger charge is -2.12. The average Bonchev–Trinajstić information content (AvgIpc) is 3.43. The van der Waals surface area contributed by atoms with Crippen LogP contribution in [0.4, 0.5) is 11.4 Å². The van der Waals surface area contributed by atoms with E-state index in [1.54, 1.807) is 30.3 Å². The highest BCUT2D eigenvalue weighted by atomic mass is 16.2. The van der Waals surface area contributed by atoms with Gasteiger partial charge in [0.05, 0.1) is 11.6 Å². The number of hydrogen-bond acceptors (Lipinski definition) is 3. The second kappa shape index (κ2) is 6.55. The van der Waals surface area contributed by atoms with Crippen molar-refractivity contribution in [3.63, 3.8) is 0 Å². The van der Waals surface area contributed by atoms with Crippen molar-refractivity contribution in [1.82, 2.24) is 0 Å². The summed E-state index contributed by atoms with van der Waals surface area (Å²) in [7, 11) is 0. The maximum atomic E-state index is 12.4. The van der Waals surface area contributed by atoms with Crippen molar-refractivity contribution in [3.8, 4) is 6.07 Å². The quantitative estimate of drug-likeness (QED) is 0.905. The molecule has 120 valence electrons. The lowest BCUT2D eigenvalue weighted by Crippen LogP contribution is -2.15. The van der Waals surface area contributed by atoms with E-state index in [4.69, 9.17) is 5.26 Å². The lowest BCUT2D eigenvalue weighted by atomic mass is 10.1. The van der Waals surface area contributed by atoms with Crippen LogP contribution in [0.25, 0.3) is 0 Å². The molecule has 0 atom stereocenters. The maximum absolute atomic E-state index is 12.4. The van der Waals surface area contributed by atoms with Gasteiger partial charge in [0.2, 0.25) is 5.91 Å². The van der Waals surface area contributed by atoms with E-state index in [0.717, 1.165) is 18.4 Å². The van der Waals surface area contributed by atoms with Crippen molar-refractivity contribution >= 4 is 23.2 Å². The Morgan fingerprint density at radius 2 is 1.92 bits per heavy atom. The molecule has 2 aromatic rings. The summed E-state index contributed by atoms with van der Waals surface area (Å²) in [4.78, 5) is 24.2. The molecule has 1 fully saturated rings. The monoisotopic (exact) mass is 319 g/mol.